The van der Waals surface area contributed by atoms with Crippen molar-refractivity contribution in [3.05, 3.63) is 38.8 Å². The molecule has 0 radical (unpaired) electrons. The molecule has 1 aromatic carbocycles. The van der Waals surface area contributed by atoms with Gasteiger partial charge in [-0.1, -0.05) is 51.2 Å². The van der Waals surface area contributed by atoms with E-state index in [4.69, 9.17) is 16.3 Å². The maximum absolute atomic E-state index is 5.91. The third kappa shape index (κ3) is 3.70. The van der Waals surface area contributed by atoms with Crippen molar-refractivity contribution in [2.75, 3.05) is 0 Å². The molecule has 0 atom stereocenters. The molecule has 2 aromatic rings. The van der Waals surface area contributed by atoms with E-state index < -0.39 is 0 Å². The van der Waals surface area contributed by atoms with Crippen LogP contribution in [0.2, 0.25) is 4.47 Å². The van der Waals surface area contributed by atoms with Crippen LogP contribution in [0, 0.1) is 0 Å². The minimum atomic E-state index is 0.0410. The van der Waals surface area contributed by atoms with E-state index in [2.05, 4.69) is 50.0 Å². The first-order chi connectivity index (χ1) is 9.40. The molecule has 0 spiro atoms. The first-order valence-electron chi connectivity index (χ1n) is 6.64. The van der Waals surface area contributed by atoms with Gasteiger partial charge in [0.05, 0.1) is 0 Å². The van der Waals surface area contributed by atoms with Crippen LogP contribution in [0.25, 0.3) is 0 Å². The van der Waals surface area contributed by atoms with Crippen molar-refractivity contribution in [1.29, 1.82) is 0 Å². The molecular weight excluding hydrogens is 292 g/mol. The highest BCUT2D eigenvalue weighted by Gasteiger charge is 2.19. The fraction of sp³-hybridized carbons (Fsp3) is 0.467. The Morgan fingerprint density at radius 1 is 1.25 bits per heavy atom. The molecule has 0 bridgehead atoms. The smallest absolute Gasteiger partial charge is 0.207 e. The SMILES string of the molecule is CCc1ccc(OCc2nnc(Cl)s2)c(C(C)(C)C)c1. The lowest BCUT2D eigenvalue weighted by atomic mass is 9.85. The number of halogens is 1. The van der Waals surface area contributed by atoms with Gasteiger partial charge in [0.2, 0.25) is 4.47 Å². The molecule has 0 saturated carbocycles. The number of ether oxygens (including phenoxy) is 1. The second-order valence-corrected chi connectivity index (χ2v) is 7.32. The van der Waals surface area contributed by atoms with Gasteiger partial charge in [-0.05, 0) is 40.6 Å². The zero-order valence-corrected chi connectivity index (χ0v) is 13.8. The number of rotatable bonds is 4. The second-order valence-electron chi connectivity index (χ2n) is 5.67. The van der Waals surface area contributed by atoms with Crippen LogP contribution in [0.15, 0.2) is 18.2 Å². The van der Waals surface area contributed by atoms with Crippen molar-refractivity contribution in [3.63, 3.8) is 0 Å². The number of aromatic nitrogens is 2. The van der Waals surface area contributed by atoms with Gasteiger partial charge >= 0.3 is 0 Å². The predicted octanol–water partition coefficient (Wildman–Crippen LogP) is 4.63. The van der Waals surface area contributed by atoms with E-state index in [1.165, 1.54) is 22.5 Å². The van der Waals surface area contributed by atoms with Gasteiger partial charge < -0.3 is 4.74 Å². The molecule has 3 nitrogen and oxygen atoms in total. The van der Waals surface area contributed by atoms with Gasteiger partial charge in [0.1, 0.15) is 12.4 Å². The molecule has 0 amide bonds. The van der Waals surface area contributed by atoms with E-state index in [1.807, 2.05) is 6.07 Å². The third-order valence-electron chi connectivity index (χ3n) is 3.05. The quantitative estimate of drug-likeness (QED) is 0.825. The van der Waals surface area contributed by atoms with Crippen molar-refractivity contribution in [1.82, 2.24) is 10.2 Å². The standard InChI is InChI=1S/C15H19ClN2OS/c1-5-10-6-7-12(11(8-10)15(2,3)4)19-9-13-17-18-14(16)20-13/h6-8H,5,9H2,1-4H3. The normalized spacial score (nSPS) is 11.7. The molecular formula is C15H19ClN2OS. The van der Waals surface area contributed by atoms with Crippen LogP contribution < -0.4 is 4.74 Å². The lowest BCUT2D eigenvalue weighted by molar-refractivity contribution is 0.296. The minimum Gasteiger partial charge on any atom is -0.486 e. The Hall–Kier alpha value is -1.13. The molecule has 1 heterocycles. The molecule has 0 unspecified atom stereocenters. The molecule has 20 heavy (non-hydrogen) atoms. The van der Waals surface area contributed by atoms with Crippen molar-refractivity contribution in [2.45, 2.75) is 46.1 Å². The highest BCUT2D eigenvalue weighted by Crippen LogP contribution is 2.33. The summed E-state index contributed by atoms with van der Waals surface area (Å²) in [5.41, 5.74) is 2.58. The third-order valence-corrected chi connectivity index (χ3v) is 4.05. The number of benzene rings is 1. The minimum absolute atomic E-state index is 0.0410. The fourth-order valence-corrected chi connectivity index (χ4v) is 2.72. The molecule has 2 rings (SSSR count). The predicted molar refractivity (Wildman–Crippen MR) is 83.8 cm³/mol. The largest absolute Gasteiger partial charge is 0.486 e. The van der Waals surface area contributed by atoms with Crippen LogP contribution in [0.5, 0.6) is 5.75 Å². The Morgan fingerprint density at radius 2 is 2.00 bits per heavy atom. The summed E-state index contributed by atoms with van der Waals surface area (Å²) >= 11 is 7.12. The summed E-state index contributed by atoms with van der Waals surface area (Å²) < 4.78 is 6.36. The summed E-state index contributed by atoms with van der Waals surface area (Å²) in [6.07, 6.45) is 1.02. The topological polar surface area (TPSA) is 35.0 Å². The number of hydrogen-bond acceptors (Lipinski definition) is 4. The van der Waals surface area contributed by atoms with Crippen LogP contribution >= 0.6 is 22.9 Å². The molecule has 108 valence electrons. The number of nitrogens with zero attached hydrogens (tertiary/aromatic N) is 2. The number of aryl methyl sites for hydroxylation is 1. The number of hydrogen-bond donors (Lipinski definition) is 0. The van der Waals surface area contributed by atoms with Gasteiger partial charge in [0.15, 0.2) is 5.01 Å². The van der Waals surface area contributed by atoms with Gasteiger partial charge in [-0.25, -0.2) is 0 Å². The average Bonchev–Trinajstić information content (AvgIpc) is 2.81. The van der Waals surface area contributed by atoms with Crippen LogP contribution in [-0.2, 0) is 18.4 Å². The molecule has 0 saturated heterocycles. The molecule has 1 aromatic heterocycles. The highest BCUT2D eigenvalue weighted by atomic mass is 35.5. The van der Waals surface area contributed by atoms with Crippen molar-refractivity contribution >= 4 is 22.9 Å². The van der Waals surface area contributed by atoms with E-state index >= 15 is 0 Å². The Balaban J connectivity index is 2.22. The Kier molecular flexibility index (Phi) is 4.66. The summed E-state index contributed by atoms with van der Waals surface area (Å²) in [5, 5.41) is 8.54. The maximum atomic E-state index is 5.91. The van der Waals surface area contributed by atoms with E-state index in [1.54, 1.807) is 0 Å². The van der Waals surface area contributed by atoms with E-state index in [0.717, 1.165) is 17.2 Å². The molecule has 0 aliphatic heterocycles. The summed E-state index contributed by atoms with van der Waals surface area (Å²) in [7, 11) is 0. The van der Waals surface area contributed by atoms with Gasteiger partial charge in [-0.2, -0.15) is 0 Å². The Morgan fingerprint density at radius 3 is 2.55 bits per heavy atom. The lowest BCUT2D eigenvalue weighted by Gasteiger charge is -2.23. The average molecular weight is 311 g/mol. The summed E-state index contributed by atoms with van der Waals surface area (Å²) in [6, 6.07) is 6.38. The molecule has 0 N–H and O–H groups in total. The summed E-state index contributed by atoms with van der Waals surface area (Å²) in [4.78, 5) is 0. The summed E-state index contributed by atoms with van der Waals surface area (Å²) in [6.45, 7) is 9.13. The molecule has 0 aliphatic rings. The van der Waals surface area contributed by atoms with E-state index in [9.17, 15) is 0 Å². The monoisotopic (exact) mass is 310 g/mol. The van der Waals surface area contributed by atoms with Crippen LogP contribution in [0.1, 0.15) is 43.8 Å². The van der Waals surface area contributed by atoms with Gasteiger partial charge in [0.25, 0.3) is 0 Å². The fourth-order valence-electron chi connectivity index (χ4n) is 1.94. The zero-order chi connectivity index (χ0) is 14.8. The molecule has 0 aliphatic carbocycles. The summed E-state index contributed by atoms with van der Waals surface area (Å²) in [5.74, 6) is 0.904. The van der Waals surface area contributed by atoms with Crippen molar-refractivity contribution < 1.29 is 4.74 Å². The first kappa shape index (κ1) is 15.3. The van der Waals surface area contributed by atoms with Gasteiger partial charge in [-0.3, -0.25) is 0 Å². The zero-order valence-electron chi connectivity index (χ0n) is 12.2. The van der Waals surface area contributed by atoms with E-state index in [-0.39, 0.29) is 5.41 Å². The van der Waals surface area contributed by atoms with Crippen molar-refractivity contribution in [3.8, 4) is 5.75 Å². The van der Waals surface area contributed by atoms with Crippen LogP contribution in [0.4, 0.5) is 0 Å². The molecule has 5 heteroatoms. The van der Waals surface area contributed by atoms with Crippen LogP contribution in [0.3, 0.4) is 0 Å². The van der Waals surface area contributed by atoms with Gasteiger partial charge in [0, 0.05) is 0 Å². The van der Waals surface area contributed by atoms with E-state index in [0.29, 0.717) is 11.1 Å². The molecule has 0 fully saturated rings. The Labute approximate surface area is 129 Å². The first-order valence-corrected chi connectivity index (χ1v) is 7.83. The lowest BCUT2D eigenvalue weighted by Crippen LogP contribution is -2.14. The van der Waals surface area contributed by atoms with Crippen molar-refractivity contribution in [2.24, 2.45) is 0 Å². The van der Waals surface area contributed by atoms with Crippen LogP contribution in [-0.4, -0.2) is 10.2 Å². The van der Waals surface area contributed by atoms with Gasteiger partial charge in [-0.15, -0.1) is 10.2 Å². The second kappa shape index (κ2) is 6.10. The Bertz CT molecular complexity index is 590. The highest BCUT2D eigenvalue weighted by molar-refractivity contribution is 7.15. The maximum Gasteiger partial charge on any atom is 0.207 e.